The topological polar surface area (TPSA) is 100 Å². The third-order valence-electron chi connectivity index (χ3n) is 4.39. The molecule has 1 aliphatic rings. The summed E-state index contributed by atoms with van der Waals surface area (Å²) in [5.41, 5.74) is -0.184. The van der Waals surface area contributed by atoms with E-state index in [-0.39, 0.29) is 12.1 Å². The van der Waals surface area contributed by atoms with E-state index in [0.29, 0.717) is 30.0 Å². The maximum Gasteiger partial charge on any atom is 0.321 e. The number of piperazine rings is 1. The van der Waals surface area contributed by atoms with Crippen LogP contribution in [0.25, 0.3) is 0 Å². The van der Waals surface area contributed by atoms with Gasteiger partial charge in [-0.25, -0.2) is 9.97 Å². The summed E-state index contributed by atoms with van der Waals surface area (Å²) in [5, 5.41) is 9.12. The molecule has 0 bridgehead atoms. The molecule has 3 rings (SSSR count). The number of hydrogen-bond acceptors (Lipinski definition) is 9. The third-order valence-corrected chi connectivity index (χ3v) is 4.39. The Labute approximate surface area is 153 Å². The van der Waals surface area contributed by atoms with Crippen LogP contribution in [-0.2, 0) is 6.42 Å². The molecule has 0 saturated carbocycles. The molecule has 9 nitrogen and oxygen atoms in total. The van der Waals surface area contributed by atoms with Crippen molar-refractivity contribution in [3.05, 3.63) is 23.9 Å². The van der Waals surface area contributed by atoms with Crippen molar-refractivity contribution in [3.63, 3.8) is 0 Å². The van der Waals surface area contributed by atoms with Crippen LogP contribution in [0.15, 0.2) is 12.3 Å². The van der Waals surface area contributed by atoms with Crippen LogP contribution in [0.2, 0.25) is 0 Å². The van der Waals surface area contributed by atoms with E-state index in [1.165, 1.54) is 0 Å². The third kappa shape index (κ3) is 3.82. The molecular formula is C17H25N7O2. The van der Waals surface area contributed by atoms with Gasteiger partial charge in [0, 0.05) is 32.3 Å². The zero-order chi connectivity index (χ0) is 18.7. The second kappa shape index (κ2) is 7.36. The van der Waals surface area contributed by atoms with Gasteiger partial charge >= 0.3 is 6.01 Å². The largest absolute Gasteiger partial charge is 0.467 e. The fourth-order valence-corrected chi connectivity index (χ4v) is 3.19. The molecule has 1 fully saturated rings. The Balaban J connectivity index is 1.82. The van der Waals surface area contributed by atoms with E-state index in [4.69, 9.17) is 9.84 Å². The van der Waals surface area contributed by atoms with Crippen LogP contribution in [0.1, 0.15) is 25.5 Å². The molecule has 26 heavy (non-hydrogen) atoms. The highest BCUT2D eigenvalue weighted by molar-refractivity contribution is 5.46. The highest BCUT2D eigenvalue weighted by Gasteiger charge is 2.36. The number of ether oxygens (including phenoxy) is 1. The molecular weight excluding hydrogens is 334 g/mol. The fraction of sp³-hybridized carbons (Fsp3) is 0.588. The first-order chi connectivity index (χ1) is 12.4. The maximum atomic E-state index is 9.12. The Morgan fingerprint density at radius 3 is 2.69 bits per heavy atom. The van der Waals surface area contributed by atoms with Crippen LogP contribution in [0.4, 0.5) is 11.8 Å². The second-order valence-electron chi connectivity index (χ2n) is 6.86. The van der Waals surface area contributed by atoms with Gasteiger partial charge in [0.05, 0.1) is 19.3 Å². The molecule has 0 atom stereocenters. The van der Waals surface area contributed by atoms with Gasteiger partial charge in [0.15, 0.2) is 0 Å². The quantitative estimate of drug-likeness (QED) is 0.823. The first kappa shape index (κ1) is 18.2. The molecule has 1 N–H and O–H groups in total. The van der Waals surface area contributed by atoms with E-state index in [1.807, 2.05) is 13.0 Å². The number of methoxy groups -OCH3 is 1. The molecule has 3 heterocycles. The zero-order valence-corrected chi connectivity index (χ0v) is 15.7. The van der Waals surface area contributed by atoms with Gasteiger partial charge in [0.1, 0.15) is 17.5 Å². The molecule has 2 aromatic rings. The van der Waals surface area contributed by atoms with Crippen LogP contribution in [-0.4, -0.2) is 68.9 Å². The highest BCUT2D eigenvalue weighted by Crippen LogP contribution is 2.28. The normalized spacial score (nSPS) is 16.7. The summed E-state index contributed by atoms with van der Waals surface area (Å²) in [6.07, 6.45) is 2.20. The van der Waals surface area contributed by atoms with Crippen molar-refractivity contribution in [2.45, 2.75) is 32.7 Å². The minimum atomic E-state index is -0.184. The van der Waals surface area contributed by atoms with Crippen LogP contribution < -0.4 is 14.5 Å². The van der Waals surface area contributed by atoms with Gasteiger partial charge in [-0.15, -0.1) is 0 Å². The summed E-state index contributed by atoms with van der Waals surface area (Å²) >= 11 is 0. The number of aliphatic hydroxyl groups excluding tert-OH is 1. The Hall–Kier alpha value is -2.55. The van der Waals surface area contributed by atoms with E-state index < -0.39 is 0 Å². The van der Waals surface area contributed by atoms with Crippen molar-refractivity contribution < 1.29 is 9.84 Å². The predicted octanol–water partition coefficient (Wildman–Crippen LogP) is 0.619. The Morgan fingerprint density at radius 1 is 1.19 bits per heavy atom. The summed E-state index contributed by atoms with van der Waals surface area (Å²) in [6, 6.07) is 2.24. The van der Waals surface area contributed by atoms with E-state index in [1.54, 1.807) is 13.3 Å². The summed E-state index contributed by atoms with van der Waals surface area (Å²) in [7, 11) is 1.56. The number of aromatic nitrogens is 5. The number of aryl methyl sites for hydroxylation is 1. The number of hydrogen-bond donors (Lipinski definition) is 1. The molecule has 2 aromatic heterocycles. The number of anilines is 2. The first-order valence-corrected chi connectivity index (χ1v) is 8.65. The van der Waals surface area contributed by atoms with Gasteiger partial charge in [-0.2, -0.15) is 15.0 Å². The van der Waals surface area contributed by atoms with Crippen molar-refractivity contribution in [2.75, 3.05) is 43.2 Å². The lowest BCUT2D eigenvalue weighted by Crippen LogP contribution is -2.60. The van der Waals surface area contributed by atoms with E-state index in [0.717, 1.165) is 25.5 Å². The Kier molecular flexibility index (Phi) is 5.17. The number of aliphatic hydroxyl groups is 1. The van der Waals surface area contributed by atoms with Gasteiger partial charge < -0.3 is 19.6 Å². The van der Waals surface area contributed by atoms with E-state index in [2.05, 4.69) is 48.6 Å². The standard InChI is InChI=1S/C17H25N7O2/c1-12-19-15(22-16(20-12)26-4)23-8-9-24(17(2,3)11-23)14-5-7-18-13(21-14)6-10-25/h5,7,25H,6,8-11H2,1-4H3. The fourth-order valence-electron chi connectivity index (χ4n) is 3.19. The second-order valence-corrected chi connectivity index (χ2v) is 6.86. The summed E-state index contributed by atoms with van der Waals surface area (Å²) in [5.74, 6) is 2.79. The van der Waals surface area contributed by atoms with E-state index in [9.17, 15) is 0 Å². The molecule has 1 aliphatic heterocycles. The van der Waals surface area contributed by atoms with Crippen molar-refractivity contribution in [2.24, 2.45) is 0 Å². The molecule has 1 saturated heterocycles. The SMILES string of the molecule is COc1nc(C)nc(N2CCN(c3ccnc(CCO)n3)C(C)(C)C2)n1. The monoisotopic (exact) mass is 359 g/mol. The molecule has 0 aromatic carbocycles. The van der Waals surface area contributed by atoms with Crippen molar-refractivity contribution in [1.29, 1.82) is 0 Å². The average Bonchev–Trinajstić information content (AvgIpc) is 2.60. The summed E-state index contributed by atoms with van der Waals surface area (Å²) < 4.78 is 5.17. The lowest BCUT2D eigenvalue weighted by Gasteiger charge is -2.47. The molecule has 9 heteroatoms. The van der Waals surface area contributed by atoms with Crippen LogP contribution in [0.5, 0.6) is 6.01 Å². The summed E-state index contributed by atoms with van der Waals surface area (Å²) in [6.45, 7) is 8.47. The maximum absolute atomic E-state index is 9.12. The van der Waals surface area contributed by atoms with Gasteiger partial charge in [-0.05, 0) is 26.8 Å². The minimum absolute atomic E-state index is 0.0428. The van der Waals surface area contributed by atoms with Crippen molar-refractivity contribution >= 4 is 11.8 Å². The highest BCUT2D eigenvalue weighted by atomic mass is 16.5. The van der Waals surface area contributed by atoms with Crippen molar-refractivity contribution in [3.8, 4) is 6.01 Å². The first-order valence-electron chi connectivity index (χ1n) is 8.65. The smallest absolute Gasteiger partial charge is 0.321 e. The van der Waals surface area contributed by atoms with Crippen LogP contribution >= 0.6 is 0 Å². The van der Waals surface area contributed by atoms with Gasteiger partial charge in [0.25, 0.3) is 0 Å². The Morgan fingerprint density at radius 2 is 2.00 bits per heavy atom. The van der Waals surface area contributed by atoms with E-state index >= 15 is 0 Å². The molecule has 0 aliphatic carbocycles. The predicted molar refractivity (Wildman–Crippen MR) is 97.6 cm³/mol. The summed E-state index contributed by atoms with van der Waals surface area (Å²) in [4.78, 5) is 26.2. The zero-order valence-electron chi connectivity index (χ0n) is 15.7. The molecule has 0 radical (unpaired) electrons. The average molecular weight is 359 g/mol. The Bertz CT molecular complexity index is 769. The minimum Gasteiger partial charge on any atom is -0.467 e. The van der Waals surface area contributed by atoms with Crippen LogP contribution in [0, 0.1) is 6.92 Å². The molecule has 0 amide bonds. The van der Waals surface area contributed by atoms with Gasteiger partial charge in [-0.1, -0.05) is 0 Å². The van der Waals surface area contributed by atoms with Gasteiger partial charge in [-0.3, -0.25) is 0 Å². The van der Waals surface area contributed by atoms with Crippen molar-refractivity contribution in [1.82, 2.24) is 24.9 Å². The number of nitrogens with zero attached hydrogens (tertiary/aromatic N) is 7. The molecule has 140 valence electrons. The lowest BCUT2D eigenvalue weighted by atomic mass is 9.99. The molecule has 0 unspecified atom stereocenters. The number of rotatable bonds is 5. The van der Waals surface area contributed by atoms with Gasteiger partial charge in [0.2, 0.25) is 5.95 Å². The molecule has 0 spiro atoms. The van der Waals surface area contributed by atoms with Crippen LogP contribution in [0.3, 0.4) is 0 Å². The lowest BCUT2D eigenvalue weighted by molar-refractivity contribution is 0.296.